The van der Waals surface area contributed by atoms with Crippen LogP contribution in [0.2, 0.25) is 0 Å². The number of rotatable bonds is 3. The maximum atomic E-state index is 12.4. The SMILES string of the molecule is CC(Nc1ccc2c(C#N)nccc2c1)C(O)C(F)(F)F. The van der Waals surface area contributed by atoms with Gasteiger partial charge in [-0.15, -0.1) is 0 Å². The van der Waals surface area contributed by atoms with Gasteiger partial charge in [0, 0.05) is 17.3 Å². The summed E-state index contributed by atoms with van der Waals surface area (Å²) in [6.45, 7) is 1.25. The summed E-state index contributed by atoms with van der Waals surface area (Å²) < 4.78 is 37.3. The molecule has 2 rings (SSSR count). The maximum absolute atomic E-state index is 12.4. The number of nitrogens with one attached hydrogen (secondary N) is 1. The smallest absolute Gasteiger partial charge is 0.382 e. The molecule has 0 radical (unpaired) electrons. The average Bonchev–Trinajstić information content (AvgIpc) is 2.44. The van der Waals surface area contributed by atoms with Crippen molar-refractivity contribution in [2.24, 2.45) is 0 Å². The summed E-state index contributed by atoms with van der Waals surface area (Å²) in [5, 5.41) is 22.0. The van der Waals surface area contributed by atoms with E-state index in [-0.39, 0.29) is 5.69 Å². The molecule has 0 aliphatic rings. The quantitative estimate of drug-likeness (QED) is 0.913. The Morgan fingerprint density at radius 3 is 2.67 bits per heavy atom. The van der Waals surface area contributed by atoms with E-state index in [9.17, 15) is 18.3 Å². The van der Waals surface area contributed by atoms with Gasteiger partial charge in [-0.25, -0.2) is 4.98 Å². The van der Waals surface area contributed by atoms with Crippen molar-refractivity contribution >= 4 is 16.5 Å². The summed E-state index contributed by atoms with van der Waals surface area (Å²) in [6.07, 6.45) is -5.68. The van der Waals surface area contributed by atoms with Crippen LogP contribution in [0.4, 0.5) is 18.9 Å². The van der Waals surface area contributed by atoms with Crippen LogP contribution in [0.15, 0.2) is 30.5 Å². The Kier molecular flexibility index (Phi) is 4.00. The molecule has 1 heterocycles. The number of alkyl halides is 3. The number of halogens is 3. The van der Waals surface area contributed by atoms with Gasteiger partial charge in [-0.05, 0) is 36.6 Å². The van der Waals surface area contributed by atoms with Gasteiger partial charge in [0.15, 0.2) is 6.10 Å². The highest BCUT2D eigenvalue weighted by Gasteiger charge is 2.41. The number of aliphatic hydroxyl groups is 1. The lowest BCUT2D eigenvalue weighted by Crippen LogP contribution is -2.42. The predicted octanol–water partition coefficient (Wildman–Crippen LogP) is 2.83. The van der Waals surface area contributed by atoms with Crippen molar-refractivity contribution in [3.63, 3.8) is 0 Å². The average molecular weight is 295 g/mol. The predicted molar refractivity (Wildman–Crippen MR) is 71.6 cm³/mol. The van der Waals surface area contributed by atoms with Crippen molar-refractivity contribution in [2.45, 2.75) is 25.2 Å². The van der Waals surface area contributed by atoms with Crippen LogP contribution in [-0.4, -0.2) is 28.4 Å². The monoisotopic (exact) mass is 295 g/mol. The fourth-order valence-corrected chi connectivity index (χ4v) is 1.98. The number of anilines is 1. The Balaban J connectivity index is 2.27. The molecular formula is C14H12F3N3O. The molecule has 2 unspecified atom stereocenters. The van der Waals surface area contributed by atoms with Gasteiger partial charge in [0.2, 0.25) is 0 Å². The Labute approximate surface area is 118 Å². The molecule has 2 aromatic rings. The van der Waals surface area contributed by atoms with E-state index in [1.807, 2.05) is 6.07 Å². The fraction of sp³-hybridized carbons (Fsp3) is 0.286. The first kappa shape index (κ1) is 15.1. The summed E-state index contributed by atoms with van der Waals surface area (Å²) in [5.41, 5.74) is 0.677. The van der Waals surface area contributed by atoms with E-state index >= 15 is 0 Å². The van der Waals surface area contributed by atoms with Crippen molar-refractivity contribution in [3.05, 3.63) is 36.2 Å². The van der Waals surface area contributed by atoms with Crippen LogP contribution < -0.4 is 5.32 Å². The Morgan fingerprint density at radius 2 is 2.05 bits per heavy atom. The first-order valence-corrected chi connectivity index (χ1v) is 6.13. The van der Waals surface area contributed by atoms with Crippen LogP contribution in [0.1, 0.15) is 12.6 Å². The molecule has 1 aromatic heterocycles. The highest BCUT2D eigenvalue weighted by molar-refractivity contribution is 5.89. The summed E-state index contributed by atoms with van der Waals surface area (Å²) >= 11 is 0. The van der Waals surface area contributed by atoms with E-state index in [0.29, 0.717) is 16.5 Å². The molecule has 0 spiro atoms. The number of nitrogens with zero attached hydrogens (tertiary/aromatic N) is 2. The molecule has 0 fully saturated rings. The van der Waals surface area contributed by atoms with Gasteiger partial charge < -0.3 is 10.4 Å². The van der Waals surface area contributed by atoms with E-state index in [1.54, 1.807) is 24.3 Å². The normalized spacial score (nSPS) is 14.5. The number of hydrogen-bond acceptors (Lipinski definition) is 4. The second kappa shape index (κ2) is 5.58. The van der Waals surface area contributed by atoms with Crippen LogP contribution in [0.5, 0.6) is 0 Å². The minimum Gasteiger partial charge on any atom is -0.382 e. The van der Waals surface area contributed by atoms with E-state index < -0.39 is 18.3 Å². The molecular weight excluding hydrogens is 283 g/mol. The van der Waals surface area contributed by atoms with Crippen LogP contribution in [0.25, 0.3) is 10.8 Å². The van der Waals surface area contributed by atoms with Gasteiger partial charge in [0.25, 0.3) is 0 Å². The van der Waals surface area contributed by atoms with Gasteiger partial charge in [-0.3, -0.25) is 0 Å². The van der Waals surface area contributed by atoms with Crippen LogP contribution in [0, 0.1) is 11.3 Å². The molecule has 21 heavy (non-hydrogen) atoms. The standard InChI is InChI=1S/C14H12F3N3O/c1-8(13(21)14(15,16)17)20-10-2-3-11-9(6-10)4-5-19-12(11)7-18/h2-6,8,13,20-21H,1H3. The topological polar surface area (TPSA) is 68.9 Å². The summed E-state index contributed by atoms with van der Waals surface area (Å²) in [5.74, 6) is 0. The second-order valence-corrected chi connectivity index (χ2v) is 4.63. The summed E-state index contributed by atoms with van der Waals surface area (Å²) in [4.78, 5) is 3.91. The largest absolute Gasteiger partial charge is 0.416 e. The molecule has 7 heteroatoms. The molecule has 4 nitrogen and oxygen atoms in total. The Morgan fingerprint density at radius 1 is 1.33 bits per heavy atom. The molecule has 2 N–H and O–H groups in total. The fourth-order valence-electron chi connectivity index (χ4n) is 1.98. The Hall–Kier alpha value is -2.33. The van der Waals surface area contributed by atoms with E-state index in [2.05, 4.69) is 10.3 Å². The number of aliphatic hydroxyl groups excluding tert-OH is 1. The van der Waals surface area contributed by atoms with Crippen molar-refractivity contribution in [2.75, 3.05) is 5.32 Å². The number of hydrogen-bond donors (Lipinski definition) is 2. The molecule has 2 atom stereocenters. The summed E-state index contributed by atoms with van der Waals surface area (Å²) in [6, 6.07) is 7.17. The number of aromatic nitrogens is 1. The molecule has 0 saturated carbocycles. The van der Waals surface area contributed by atoms with Crippen LogP contribution in [-0.2, 0) is 0 Å². The molecule has 110 valence electrons. The minimum atomic E-state index is -4.68. The van der Waals surface area contributed by atoms with Gasteiger partial charge in [-0.2, -0.15) is 18.4 Å². The number of benzene rings is 1. The molecule has 0 saturated heterocycles. The lowest BCUT2D eigenvalue weighted by molar-refractivity contribution is -0.206. The number of fused-ring (bicyclic) bond motifs is 1. The molecule has 1 aromatic carbocycles. The van der Waals surface area contributed by atoms with Gasteiger partial charge >= 0.3 is 6.18 Å². The molecule has 0 bridgehead atoms. The van der Waals surface area contributed by atoms with Crippen LogP contribution >= 0.6 is 0 Å². The van der Waals surface area contributed by atoms with Gasteiger partial charge in [0.1, 0.15) is 11.8 Å². The lowest BCUT2D eigenvalue weighted by Gasteiger charge is -2.23. The third-order valence-electron chi connectivity index (χ3n) is 3.07. The van der Waals surface area contributed by atoms with Gasteiger partial charge in [-0.1, -0.05) is 0 Å². The van der Waals surface area contributed by atoms with Gasteiger partial charge in [0.05, 0.1) is 6.04 Å². The van der Waals surface area contributed by atoms with E-state index in [1.165, 1.54) is 13.1 Å². The van der Waals surface area contributed by atoms with Crippen molar-refractivity contribution in [1.82, 2.24) is 4.98 Å². The minimum absolute atomic E-state index is 0.252. The van der Waals surface area contributed by atoms with Crippen molar-refractivity contribution < 1.29 is 18.3 Å². The first-order valence-electron chi connectivity index (χ1n) is 6.13. The Bertz CT molecular complexity index is 694. The van der Waals surface area contributed by atoms with Crippen molar-refractivity contribution in [1.29, 1.82) is 5.26 Å². The van der Waals surface area contributed by atoms with E-state index in [0.717, 1.165) is 0 Å². The third kappa shape index (κ3) is 3.23. The number of pyridine rings is 1. The number of nitriles is 1. The zero-order valence-electron chi connectivity index (χ0n) is 11.0. The third-order valence-corrected chi connectivity index (χ3v) is 3.07. The zero-order chi connectivity index (χ0) is 15.6. The van der Waals surface area contributed by atoms with E-state index in [4.69, 9.17) is 5.26 Å². The lowest BCUT2D eigenvalue weighted by atomic mass is 10.1. The molecule has 0 amide bonds. The summed E-state index contributed by atoms with van der Waals surface area (Å²) in [7, 11) is 0. The van der Waals surface area contributed by atoms with Crippen LogP contribution in [0.3, 0.4) is 0 Å². The molecule has 0 aliphatic heterocycles. The second-order valence-electron chi connectivity index (χ2n) is 4.63. The van der Waals surface area contributed by atoms with Crippen molar-refractivity contribution in [3.8, 4) is 6.07 Å². The maximum Gasteiger partial charge on any atom is 0.416 e. The molecule has 0 aliphatic carbocycles. The first-order chi connectivity index (χ1) is 9.82. The highest BCUT2D eigenvalue weighted by Crippen LogP contribution is 2.26. The highest BCUT2D eigenvalue weighted by atomic mass is 19.4. The zero-order valence-corrected chi connectivity index (χ0v) is 11.0.